The first kappa shape index (κ1) is 42.6. The van der Waals surface area contributed by atoms with Gasteiger partial charge in [-0.2, -0.15) is 0 Å². The van der Waals surface area contributed by atoms with Gasteiger partial charge in [0, 0.05) is 11.4 Å². The Morgan fingerprint density at radius 1 is 0.237 bits per heavy atom. The highest BCUT2D eigenvalue weighted by atomic mass is 16.5. The normalized spacial score (nSPS) is 14.4. The predicted molar refractivity (Wildman–Crippen MR) is 308 cm³/mol. The zero-order valence-corrected chi connectivity index (χ0v) is 41.3. The average molecular weight is 971 g/mol. The Labute approximate surface area is 441 Å². The molecule has 12 aromatic rings. The van der Waals surface area contributed by atoms with E-state index in [1.165, 1.54) is 66.8 Å². The van der Waals surface area contributed by atoms with Crippen LogP contribution in [0.25, 0.3) is 33.0 Å². The van der Waals surface area contributed by atoms with E-state index in [9.17, 15) is 0 Å². The smallest absolute Gasteiger partial charge is 0.152 e. The summed E-state index contributed by atoms with van der Waals surface area (Å²) in [6.45, 7) is 0. The van der Waals surface area contributed by atoms with Gasteiger partial charge in [0.15, 0.2) is 23.0 Å². The minimum Gasteiger partial charge on any atom is -0.453 e. The lowest BCUT2D eigenvalue weighted by atomic mass is 9.67. The second-order valence-corrected chi connectivity index (χ2v) is 20.3. The number of rotatable bonds is 6. The van der Waals surface area contributed by atoms with Gasteiger partial charge in [0.05, 0.1) is 33.6 Å². The molecule has 0 saturated carbocycles. The minimum absolute atomic E-state index is 0.558. The number of hydrogen-bond donors (Lipinski definition) is 0. The van der Waals surface area contributed by atoms with Crippen LogP contribution in [-0.4, -0.2) is 0 Å². The largest absolute Gasteiger partial charge is 0.453 e. The maximum absolute atomic E-state index is 6.93. The molecule has 2 heterocycles. The minimum atomic E-state index is -0.558. The van der Waals surface area contributed by atoms with Crippen LogP contribution in [-0.2, 0) is 10.8 Å². The quantitative estimate of drug-likeness (QED) is 0.166. The highest BCUT2D eigenvalue weighted by Crippen LogP contribution is 2.63. The lowest BCUT2D eigenvalue weighted by molar-refractivity contribution is 0.476. The molecule has 0 bridgehead atoms. The van der Waals surface area contributed by atoms with E-state index in [1.807, 2.05) is 0 Å². The maximum atomic E-state index is 6.93. The number of para-hydroxylation sites is 4. The van der Waals surface area contributed by atoms with Crippen LogP contribution >= 0.6 is 0 Å². The highest BCUT2D eigenvalue weighted by molar-refractivity contribution is 5.99. The van der Waals surface area contributed by atoms with Crippen LogP contribution in [0.4, 0.5) is 34.1 Å². The molecule has 0 fully saturated rings. The van der Waals surface area contributed by atoms with E-state index in [2.05, 4.69) is 289 Å². The van der Waals surface area contributed by atoms with Crippen LogP contribution in [0.2, 0.25) is 0 Å². The summed E-state index contributed by atoms with van der Waals surface area (Å²) in [7, 11) is 0. The Morgan fingerprint density at radius 2 is 0.579 bits per heavy atom. The first-order chi connectivity index (χ1) is 37.7. The SMILES string of the molecule is c1ccc(C2(c3ccccc3)c3ccccc3-c3cc4c(cc32)N(c2ccc3cc(N5c6ccccc6Oc6cc7c(cc65)C(c5ccccc5)(c5ccccc5)c5ccccc5-7)ccc3c2)c2ccccc2O4)cc1. The van der Waals surface area contributed by atoms with Crippen LogP contribution in [0.15, 0.2) is 279 Å². The van der Waals surface area contributed by atoms with Crippen molar-refractivity contribution in [1.82, 2.24) is 0 Å². The number of nitrogens with zero attached hydrogens (tertiary/aromatic N) is 2. The molecule has 0 unspecified atom stereocenters. The Kier molecular flexibility index (Phi) is 9.13. The molecule has 0 aromatic heterocycles. The molecule has 12 aromatic carbocycles. The van der Waals surface area contributed by atoms with Gasteiger partial charge in [0.25, 0.3) is 0 Å². The molecule has 16 rings (SSSR count). The van der Waals surface area contributed by atoms with Crippen LogP contribution in [0.1, 0.15) is 44.5 Å². The third-order valence-corrected chi connectivity index (χ3v) is 16.5. The Hall–Kier alpha value is -9.90. The van der Waals surface area contributed by atoms with Crippen molar-refractivity contribution in [2.24, 2.45) is 0 Å². The van der Waals surface area contributed by atoms with E-state index in [1.54, 1.807) is 0 Å². The van der Waals surface area contributed by atoms with Gasteiger partial charge in [-0.15, -0.1) is 0 Å². The zero-order chi connectivity index (χ0) is 50.0. The fourth-order valence-corrected chi connectivity index (χ4v) is 13.4. The fraction of sp³-hybridized carbons (Fsp3) is 0.0278. The second-order valence-electron chi connectivity index (χ2n) is 20.3. The summed E-state index contributed by atoms with van der Waals surface area (Å²) in [6, 6.07) is 102. The summed E-state index contributed by atoms with van der Waals surface area (Å²) >= 11 is 0. The third kappa shape index (κ3) is 5.89. The standard InChI is InChI=1S/C72H46N2O2/c1-5-21-49(22-6-1)71(50-23-7-2-8-24-50)59-31-15-13-29-55(59)57-43-69-65(45-61(57)71)73(63-33-17-19-35-67(63)75-69)53-39-37-48-42-54(40-38-47(48)41-53)74-64-34-18-20-36-68(64)76-70-44-58-56-30-14-16-32-60(56)72(62(58)46-66(70)74,51-25-9-3-10-26-51)52-27-11-4-12-28-52/h1-46H. The molecule has 0 amide bonds. The summed E-state index contributed by atoms with van der Waals surface area (Å²) in [5.74, 6) is 3.28. The van der Waals surface area contributed by atoms with Crippen LogP contribution < -0.4 is 19.3 Å². The third-order valence-electron chi connectivity index (χ3n) is 16.5. The number of fused-ring (bicyclic) bond motifs is 11. The number of anilines is 6. The Balaban J connectivity index is 0.861. The first-order valence-corrected chi connectivity index (χ1v) is 26.1. The molecule has 2 aliphatic carbocycles. The van der Waals surface area contributed by atoms with Crippen molar-refractivity contribution in [2.45, 2.75) is 10.8 Å². The summed E-state index contributed by atoms with van der Waals surface area (Å²) in [4.78, 5) is 4.79. The van der Waals surface area contributed by atoms with Crippen molar-refractivity contribution < 1.29 is 9.47 Å². The van der Waals surface area contributed by atoms with E-state index < -0.39 is 10.8 Å². The van der Waals surface area contributed by atoms with Crippen molar-refractivity contribution in [1.29, 1.82) is 0 Å². The van der Waals surface area contributed by atoms with E-state index >= 15 is 0 Å². The summed E-state index contributed by atoms with van der Waals surface area (Å²) < 4.78 is 13.9. The van der Waals surface area contributed by atoms with Crippen LogP contribution in [0.3, 0.4) is 0 Å². The fourth-order valence-electron chi connectivity index (χ4n) is 13.4. The molecule has 4 nitrogen and oxygen atoms in total. The highest BCUT2D eigenvalue weighted by Gasteiger charge is 2.49. The van der Waals surface area contributed by atoms with Gasteiger partial charge in [0.2, 0.25) is 0 Å². The van der Waals surface area contributed by atoms with Gasteiger partial charge in [-0.1, -0.05) is 206 Å². The molecule has 0 radical (unpaired) electrons. The molecule has 4 heteroatoms. The first-order valence-electron chi connectivity index (χ1n) is 26.1. The molecule has 0 N–H and O–H groups in total. The lowest BCUT2D eigenvalue weighted by Gasteiger charge is -2.37. The number of hydrogen-bond acceptors (Lipinski definition) is 4. The molecule has 0 saturated heterocycles. The van der Waals surface area contributed by atoms with E-state index in [0.29, 0.717) is 0 Å². The molecular weight excluding hydrogens is 925 g/mol. The average Bonchev–Trinajstić information content (AvgIpc) is 4.00. The van der Waals surface area contributed by atoms with Crippen molar-refractivity contribution in [3.05, 3.63) is 324 Å². The maximum Gasteiger partial charge on any atom is 0.152 e. The summed E-state index contributed by atoms with van der Waals surface area (Å²) in [5.41, 5.74) is 19.6. The van der Waals surface area contributed by atoms with Crippen molar-refractivity contribution >= 4 is 44.9 Å². The lowest BCUT2D eigenvalue weighted by Crippen LogP contribution is -2.29. The Bertz CT molecular complexity index is 3950. The summed E-state index contributed by atoms with van der Waals surface area (Å²) in [5, 5.41) is 2.25. The number of ether oxygens (including phenoxy) is 2. The molecule has 76 heavy (non-hydrogen) atoms. The van der Waals surface area contributed by atoms with Gasteiger partial charge >= 0.3 is 0 Å². The molecule has 356 valence electrons. The van der Waals surface area contributed by atoms with Gasteiger partial charge < -0.3 is 19.3 Å². The van der Waals surface area contributed by atoms with Gasteiger partial charge in [-0.25, -0.2) is 0 Å². The van der Waals surface area contributed by atoms with Gasteiger partial charge in [-0.3, -0.25) is 0 Å². The molecular formula is C72H46N2O2. The monoisotopic (exact) mass is 970 g/mol. The van der Waals surface area contributed by atoms with Crippen molar-refractivity contribution in [3.63, 3.8) is 0 Å². The van der Waals surface area contributed by atoms with Gasteiger partial charge in [0.1, 0.15) is 0 Å². The van der Waals surface area contributed by atoms with E-state index in [-0.39, 0.29) is 0 Å². The predicted octanol–water partition coefficient (Wildman–Crippen LogP) is 18.7. The zero-order valence-electron chi connectivity index (χ0n) is 41.3. The van der Waals surface area contributed by atoms with Crippen LogP contribution in [0.5, 0.6) is 23.0 Å². The topological polar surface area (TPSA) is 24.9 Å². The summed E-state index contributed by atoms with van der Waals surface area (Å²) in [6.07, 6.45) is 0. The molecule has 2 aliphatic heterocycles. The van der Waals surface area contributed by atoms with Crippen molar-refractivity contribution in [2.75, 3.05) is 9.80 Å². The van der Waals surface area contributed by atoms with Gasteiger partial charge in [-0.05, 0) is 150 Å². The number of benzene rings is 12. The second kappa shape index (κ2) is 16.3. The molecule has 4 aliphatic rings. The van der Waals surface area contributed by atoms with Crippen molar-refractivity contribution in [3.8, 4) is 45.3 Å². The van der Waals surface area contributed by atoms with Crippen LogP contribution in [0, 0.1) is 0 Å². The van der Waals surface area contributed by atoms with E-state index in [4.69, 9.17) is 9.47 Å². The molecule has 0 spiro atoms. The van der Waals surface area contributed by atoms with E-state index in [0.717, 1.165) is 67.9 Å². The molecule has 0 atom stereocenters. The Morgan fingerprint density at radius 3 is 0.974 bits per heavy atom.